The van der Waals surface area contributed by atoms with E-state index < -0.39 is 5.60 Å². The predicted octanol–water partition coefficient (Wildman–Crippen LogP) is 2.84. The fraction of sp³-hybridized carbons (Fsp3) is 0.688. The summed E-state index contributed by atoms with van der Waals surface area (Å²) in [5.41, 5.74) is 0.498. The Balaban J connectivity index is 1.84. The summed E-state index contributed by atoms with van der Waals surface area (Å²) in [6, 6.07) is 1.93. The van der Waals surface area contributed by atoms with Crippen LogP contribution in [0.2, 0.25) is 0 Å². The van der Waals surface area contributed by atoms with Crippen molar-refractivity contribution < 1.29 is 9.53 Å². The first-order valence-electron chi connectivity index (χ1n) is 7.84. The van der Waals surface area contributed by atoms with Gasteiger partial charge in [0.25, 0.3) is 0 Å². The van der Waals surface area contributed by atoms with Crippen molar-refractivity contribution in [2.24, 2.45) is 5.92 Å². The van der Waals surface area contributed by atoms with Gasteiger partial charge in [-0.2, -0.15) is 0 Å². The molecule has 0 bridgehead atoms. The summed E-state index contributed by atoms with van der Waals surface area (Å²) in [6.45, 7) is 9.93. The van der Waals surface area contributed by atoms with E-state index in [1.165, 1.54) is 0 Å². The number of aryl methyl sites for hydroxylation is 1. The van der Waals surface area contributed by atoms with Gasteiger partial charge in [0.15, 0.2) is 0 Å². The second kappa shape index (κ2) is 6.94. The fourth-order valence-electron chi connectivity index (χ4n) is 2.52. The van der Waals surface area contributed by atoms with Crippen LogP contribution in [0, 0.1) is 12.8 Å². The van der Waals surface area contributed by atoms with Crippen molar-refractivity contribution in [3.05, 3.63) is 18.1 Å². The third-order valence-electron chi connectivity index (χ3n) is 3.55. The molecule has 1 aromatic heterocycles. The molecule has 1 atom stereocenters. The van der Waals surface area contributed by atoms with Crippen molar-refractivity contribution in [2.75, 3.05) is 25.0 Å². The largest absolute Gasteiger partial charge is 0.444 e. The molecule has 6 heteroatoms. The van der Waals surface area contributed by atoms with Gasteiger partial charge in [-0.3, -0.25) is 0 Å². The van der Waals surface area contributed by atoms with Crippen LogP contribution in [0.1, 0.15) is 39.3 Å². The van der Waals surface area contributed by atoms with Gasteiger partial charge in [0.2, 0.25) is 0 Å². The number of ether oxygens (including phenoxy) is 1. The zero-order chi connectivity index (χ0) is 16.2. The summed E-state index contributed by atoms with van der Waals surface area (Å²) < 4.78 is 5.45. The standard InChI is InChI=1S/C16H26N4O2/c1-12-8-14(19-11-18-12)17-9-13-6-5-7-20(10-13)15(21)22-16(2,3)4/h8,11,13H,5-7,9-10H2,1-4H3,(H,17,18,19). The van der Waals surface area contributed by atoms with E-state index in [1.807, 2.05) is 38.7 Å². The molecular formula is C16H26N4O2. The Morgan fingerprint density at radius 2 is 2.23 bits per heavy atom. The summed E-state index contributed by atoms with van der Waals surface area (Å²) in [4.78, 5) is 22.2. The lowest BCUT2D eigenvalue weighted by molar-refractivity contribution is 0.0172. The molecule has 1 N–H and O–H groups in total. The van der Waals surface area contributed by atoms with E-state index in [9.17, 15) is 4.79 Å². The number of piperidine rings is 1. The third-order valence-corrected chi connectivity index (χ3v) is 3.55. The van der Waals surface area contributed by atoms with Crippen LogP contribution in [0.3, 0.4) is 0 Å². The van der Waals surface area contributed by atoms with Crippen molar-refractivity contribution in [2.45, 2.75) is 46.1 Å². The topological polar surface area (TPSA) is 67.4 Å². The predicted molar refractivity (Wildman–Crippen MR) is 85.8 cm³/mol. The van der Waals surface area contributed by atoms with E-state index in [1.54, 1.807) is 6.33 Å². The number of carbonyl (C=O) groups excluding carboxylic acids is 1. The van der Waals surface area contributed by atoms with Crippen molar-refractivity contribution in [3.8, 4) is 0 Å². The summed E-state index contributed by atoms with van der Waals surface area (Å²) in [7, 11) is 0. The van der Waals surface area contributed by atoms with Gasteiger partial charge in [0.1, 0.15) is 17.7 Å². The molecule has 22 heavy (non-hydrogen) atoms. The van der Waals surface area contributed by atoms with Crippen LogP contribution in [0.4, 0.5) is 10.6 Å². The molecule has 1 aliphatic heterocycles. The molecule has 0 radical (unpaired) electrons. The first-order chi connectivity index (χ1) is 10.3. The van der Waals surface area contributed by atoms with Crippen LogP contribution in [-0.4, -0.2) is 46.2 Å². The fourth-order valence-corrected chi connectivity index (χ4v) is 2.52. The van der Waals surface area contributed by atoms with E-state index >= 15 is 0 Å². The maximum atomic E-state index is 12.1. The highest BCUT2D eigenvalue weighted by molar-refractivity contribution is 5.68. The second-order valence-corrected chi connectivity index (χ2v) is 6.86. The Morgan fingerprint density at radius 3 is 2.91 bits per heavy atom. The highest BCUT2D eigenvalue weighted by atomic mass is 16.6. The van der Waals surface area contributed by atoms with Crippen LogP contribution in [0.15, 0.2) is 12.4 Å². The molecule has 1 amide bonds. The molecule has 2 heterocycles. The number of nitrogens with zero attached hydrogens (tertiary/aromatic N) is 3. The van der Waals surface area contributed by atoms with E-state index in [2.05, 4.69) is 15.3 Å². The number of amides is 1. The lowest BCUT2D eigenvalue weighted by Crippen LogP contribution is -2.44. The Labute approximate surface area is 132 Å². The number of likely N-dealkylation sites (tertiary alicyclic amines) is 1. The van der Waals surface area contributed by atoms with Crippen molar-refractivity contribution in [1.29, 1.82) is 0 Å². The van der Waals surface area contributed by atoms with Crippen molar-refractivity contribution in [3.63, 3.8) is 0 Å². The van der Waals surface area contributed by atoms with Gasteiger partial charge in [0, 0.05) is 31.4 Å². The van der Waals surface area contributed by atoms with Crippen molar-refractivity contribution in [1.82, 2.24) is 14.9 Å². The summed E-state index contributed by atoms with van der Waals surface area (Å²) >= 11 is 0. The Hall–Kier alpha value is -1.85. The number of hydrogen-bond donors (Lipinski definition) is 1. The van der Waals surface area contributed by atoms with E-state index in [-0.39, 0.29) is 6.09 Å². The van der Waals surface area contributed by atoms with Crippen LogP contribution in [0.5, 0.6) is 0 Å². The number of hydrogen-bond acceptors (Lipinski definition) is 5. The molecule has 1 saturated heterocycles. The molecule has 0 aliphatic carbocycles. The molecule has 1 aliphatic rings. The van der Waals surface area contributed by atoms with Gasteiger partial charge >= 0.3 is 6.09 Å². The Morgan fingerprint density at radius 1 is 1.45 bits per heavy atom. The summed E-state index contributed by atoms with van der Waals surface area (Å²) in [5, 5.41) is 3.33. The number of aromatic nitrogens is 2. The van der Waals surface area contributed by atoms with E-state index in [0.717, 1.165) is 44.0 Å². The normalized spacial score (nSPS) is 18.9. The molecule has 1 unspecified atom stereocenters. The highest BCUT2D eigenvalue weighted by Crippen LogP contribution is 2.19. The smallest absolute Gasteiger partial charge is 0.410 e. The molecule has 122 valence electrons. The van der Waals surface area contributed by atoms with Gasteiger partial charge in [-0.15, -0.1) is 0 Å². The van der Waals surface area contributed by atoms with E-state index in [4.69, 9.17) is 4.74 Å². The van der Waals surface area contributed by atoms with Crippen molar-refractivity contribution >= 4 is 11.9 Å². The van der Waals surface area contributed by atoms with Crippen LogP contribution >= 0.6 is 0 Å². The number of carbonyl (C=O) groups is 1. The minimum absolute atomic E-state index is 0.213. The quantitative estimate of drug-likeness (QED) is 0.930. The molecule has 0 saturated carbocycles. The average molecular weight is 306 g/mol. The maximum absolute atomic E-state index is 12.1. The number of nitrogens with one attached hydrogen (secondary N) is 1. The van der Waals surface area contributed by atoms with Gasteiger partial charge in [-0.25, -0.2) is 14.8 Å². The summed E-state index contributed by atoms with van der Waals surface area (Å²) in [6.07, 6.45) is 3.46. The molecule has 1 aromatic rings. The zero-order valence-corrected chi connectivity index (χ0v) is 13.9. The Bertz CT molecular complexity index is 513. The third kappa shape index (κ3) is 5.16. The molecule has 1 fully saturated rings. The van der Waals surface area contributed by atoms with Gasteiger partial charge in [-0.1, -0.05) is 0 Å². The second-order valence-electron chi connectivity index (χ2n) is 6.86. The molecular weight excluding hydrogens is 280 g/mol. The summed E-state index contributed by atoms with van der Waals surface area (Å²) in [5.74, 6) is 1.25. The zero-order valence-electron chi connectivity index (χ0n) is 13.9. The minimum Gasteiger partial charge on any atom is -0.444 e. The van der Waals surface area contributed by atoms with Crippen LogP contribution < -0.4 is 5.32 Å². The van der Waals surface area contributed by atoms with Gasteiger partial charge in [-0.05, 0) is 46.5 Å². The SMILES string of the molecule is Cc1cc(NCC2CCCN(C(=O)OC(C)(C)C)C2)ncn1. The maximum Gasteiger partial charge on any atom is 0.410 e. The molecule has 2 rings (SSSR count). The number of anilines is 1. The average Bonchev–Trinajstić information content (AvgIpc) is 2.44. The monoisotopic (exact) mass is 306 g/mol. The number of rotatable bonds is 3. The molecule has 0 spiro atoms. The lowest BCUT2D eigenvalue weighted by Gasteiger charge is -2.34. The van der Waals surface area contributed by atoms with Gasteiger partial charge < -0.3 is 15.0 Å². The highest BCUT2D eigenvalue weighted by Gasteiger charge is 2.27. The minimum atomic E-state index is -0.444. The Kier molecular flexibility index (Phi) is 5.21. The molecule has 6 nitrogen and oxygen atoms in total. The first-order valence-corrected chi connectivity index (χ1v) is 7.84. The van der Waals surface area contributed by atoms with Crippen LogP contribution in [0.25, 0.3) is 0 Å². The van der Waals surface area contributed by atoms with Gasteiger partial charge in [0.05, 0.1) is 0 Å². The van der Waals surface area contributed by atoms with Crippen LogP contribution in [-0.2, 0) is 4.74 Å². The van der Waals surface area contributed by atoms with E-state index in [0.29, 0.717) is 5.92 Å². The first kappa shape index (κ1) is 16.5. The lowest BCUT2D eigenvalue weighted by atomic mass is 9.98. The molecule has 0 aromatic carbocycles.